The summed E-state index contributed by atoms with van der Waals surface area (Å²) in [6.07, 6.45) is 3.64. The summed E-state index contributed by atoms with van der Waals surface area (Å²) >= 11 is 0. The molecule has 1 unspecified atom stereocenters. The van der Waals surface area contributed by atoms with E-state index in [1.165, 1.54) is 31.0 Å². The number of carbonyl (C=O) groups excluding carboxylic acids is 3. The molecule has 1 aromatic carbocycles. The number of esters is 1. The molecule has 0 radical (unpaired) electrons. The number of carbonyl (C=O) groups is 3. The Morgan fingerprint density at radius 1 is 1.10 bits per heavy atom. The lowest BCUT2D eigenvalue weighted by Crippen LogP contribution is -2.39. The molecule has 2 aliphatic heterocycles. The molecule has 1 aromatic heterocycles. The van der Waals surface area contributed by atoms with E-state index in [9.17, 15) is 14.4 Å². The first-order valence-corrected chi connectivity index (χ1v) is 10.2. The zero-order valence-electron chi connectivity index (χ0n) is 17.0. The van der Waals surface area contributed by atoms with Crippen molar-refractivity contribution < 1.29 is 19.1 Å². The van der Waals surface area contributed by atoms with Gasteiger partial charge in [0.25, 0.3) is 5.91 Å². The van der Waals surface area contributed by atoms with Crippen LogP contribution in [0.15, 0.2) is 48.7 Å². The van der Waals surface area contributed by atoms with E-state index in [0.29, 0.717) is 31.6 Å². The number of pyridine rings is 1. The van der Waals surface area contributed by atoms with E-state index < -0.39 is 11.4 Å². The first kappa shape index (κ1) is 20.1. The Morgan fingerprint density at radius 2 is 1.87 bits per heavy atom. The van der Waals surface area contributed by atoms with Crippen molar-refractivity contribution in [2.24, 2.45) is 5.41 Å². The van der Waals surface area contributed by atoms with Crippen molar-refractivity contribution in [2.45, 2.75) is 19.3 Å². The fourth-order valence-corrected chi connectivity index (χ4v) is 4.36. The summed E-state index contributed by atoms with van der Waals surface area (Å²) in [5, 5.41) is 0. The van der Waals surface area contributed by atoms with Crippen LogP contribution in [0.4, 0.5) is 0 Å². The largest absolute Gasteiger partial charge is 0.465 e. The molecule has 0 aliphatic carbocycles. The highest BCUT2D eigenvalue weighted by molar-refractivity contribution is 5.95. The second-order valence-electron chi connectivity index (χ2n) is 7.96. The van der Waals surface area contributed by atoms with Crippen LogP contribution in [0.2, 0.25) is 0 Å². The molecule has 2 amide bonds. The third-order valence-corrected chi connectivity index (χ3v) is 6.16. The van der Waals surface area contributed by atoms with Gasteiger partial charge in [0.1, 0.15) is 5.69 Å². The third-order valence-electron chi connectivity index (χ3n) is 6.16. The van der Waals surface area contributed by atoms with Crippen molar-refractivity contribution in [2.75, 3.05) is 33.3 Å². The molecule has 2 aromatic rings. The molecular formula is C23H25N3O4. The normalized spacial score (nSPS) is 20.8. The summed E-state index contributed by atoms with van der Waals surface area (Å²) in [6, 6.07) is 13.2. The first-order chi connectivity index (χ1) is 14.5. The van der Waals surface area contributed by atoms with E-state index in [1.54, 1.807) is 4.90 Å². The minimum absolute atomic E-state index is 0.155. The van der Waals surface area contributed by atoms with E-state index in [2.05, 4.69) is 21.9 Å². The van der Waals surface area contributed by atoms with E-state index in [4.69, 9.17) is 0 Å². The van der Waals surface area contributed by atoms with E-state index in [-0.39, 0.29) is 17.5 Å². The number of hydrogen-bond acceptors (Lipinski definition) is 5. The van der Waals surface area contributed by atoms with E-state index in [1.807, 2.05) is 23.1 Å². The quantitative estimate of drug-likeness (QED) is 0.710. The molecule has 1 atom stereocenters. The van der Waals surface area contributed by atoms with Gasteiger partial charge in [-0.05, 0) is 37.0 Å². The summed E-state index contributed by atoms with van der Waals surface area (Å²) in [5.41, 5.74) is 1.31. The van der Waals surface area contributed by atoms with Gasteiger partial charge in [-0.1, -0.05) is 30.3 Å². The lowest BCUT2D eigenvalue weighted by atomic mass is 9.85. The summed E-state index contributed by atoms with van der Waals surface area (Å²) in [4.78, 5) is 45.3. The highest BCUT2D eigenvalue weighted by Crippen LogP contribution is 2.41. The van der Waals surface area contributed by atoms with Crippen LogP contribution in [0, 0.1) is 5.41 Å². The predicted molar refractivity (Wildman–Crippen MR) is 110 cm³/mol. The number of ether oxygens (including phenoxy) is 1. The molecule has 4 rings (SSSR count). The second-order valence-corrected chi connectivity index (χ2v) is 7.96. The van der Waals surface area contributed by atoms with Gasteiger partial charge in [0, 0.05) is 32.4 Å². The fraction of sp³-hybridized carbons (Fsp3) is 0.391. The van der Waals surface area contributed by atoms with Crippen LogP contribution in [-0.2, 0) is 16.0 Å². The number of likely N-dealkylation sites (tertiary alicyclic amines) is 2. The number of methoxy groups -OCH3 is 1. The van der Waals surface area contributed by atoms with Gasteiger partial charge in [0.15, 0.2) is 0 Å². The van der Waals surface area contributed by atoms with Crippen LogP contribution in [0.25, 0.3) is 0 Å². The second kappa shape index (κ2) is 8.26. The molecule has 7 heteroatoms. The molecule has 1 spiro atoms. The van der Waals surface area contributed by atoms with Gasteiger partial charge in [-0.3, -0.25) is 14.6 Å². The van der Waals surface area contributed by atoms with Crippen LogP contribution in [0.1, 0.15) is 39.3 Å². The Morgan fingerprint density at radius 3 is 2.57 bits per heavy atom. The Kier molecular flexibility index (Phi) is 5.53. The highest BCUT2D eigenvalue weighted by atomic mass is 16.5. The number of rotatable bonds is 5. The molecule has 30 heavy (non-hydrogen) atoms. The van der Waals surface area contributed by atoms with Crippen molar-refractivity contribution in [3.63, 3.8) is 0 Å². The fourth-order valence-electron chi connectivity index (χ4n) is 4.36. The van der Waals surface area contributed by atoms with Crippen molar-refractivity contribution >= 4 is 17.8 Å². The zero-order chi connectivity index (χ0) is 21.1. The number of nitrogens with zero attached hydrogens (tertiary/aromatic N) is 3. The number of hydrogen-bond donors (Lipinski definition) is 0. The van der Waals surface area contributed by atoms with Crippen molar-refractivity contribution in [1.29, 1.82) is 0 Å². The van der Waals surface area contributed by atoms with Crippen LogP contribution in [0.5, 0.6) is 0 Å². The molecule has 2 saturated heterocycles. The Hall–Kier alpha value is -3.22. The third kappa shape index (κ3) is 3.79. The van der Waals surface area contributed by atoms with Crippen LogP contribution >= 0.6 is 0 Å². The van der Waals surface area contributed by atoms with Crippen LogP contribution in [0.3, 0.4) is 0 Å². The van der Waals surface area contributed by atoms with Gasteiger partial charge in [-0.2, -0.15) is 0 Å². The average molecular weight is 407 g/mol. The lowest BCUT2D eigenvalue weighted by Gasteiger charge is -2.23. The molecule has 0 bridgehead atoms. The van der Waals surface area contributed by atoms with Gasteiger partial charge in [-0.15, -0.1) is 0 Å². The maximum Gasteiger partial charge on any atom is 0.339 e. The summed E-state index contributed by atoms with van der Waals surface area (Å²) in [7, 11) is 1.30. The summed E-state index contributed by atoms with van der Waals surface area (Å²) in [6.45, 7) is 2.40. The van der Waals surface area contributed by atoms with E-state index >= 15 is 0 Å². The topological polar surface area (TPSA) is 79.8 Å². The Labute approximate surface area is 175 Å². The summed E-state index contributed by atoms with van der Waals surface area (Å²) in [5.74, 6) is -0.546. The molecule has 2 aliphatic rings. The van der Waals surface area contributed by atoms with Gasteiger partial charge in [0.05, 0.1) is 18.1 Å². The van der Waals surface area contributed by atoms with Gasteiger partial charge in [-0.25, -0.2) is 4.79 Å². The molecule has 2 fully saturated rings. The van der Waals surface area contributed by atoms with Crippen LogP contribution < -0.4 is 0 Å². The molecule has 3 heterocycles. The smallest absolute Gasteiger partial charge is 0.339 e. The standard InChI is InChI=1S/C23H25N3O4/c1-30-21(28)18-7-8-19(24-15-18)20(27)26-14-11-23(16-26)10-13-25(22(23)29)12-9-17-5-3-2-4-6-17/h2-8,15H,9-14,16H2,1H3. The Balaban J connectivity index is 1.38. The van der Waals surface area contributed by atoms with Gasteiger partial charge < -0.3 is 14.5 Å². The van der Waals surface area contributed by atoms with Crippen LogP contribution in [-0.4, -0.2) is 65.9 Å². The average Bonchev–Trinajstić information content (AvgIpc) is 3.36. The predicted octanol–water partition coefficient (Wildman–Crippen LogP) is 2.18. The minimum atomic E-state index is -0.492. The molecular weight excluding hydrogens is 382 g/mol. The van der Waals surface area contributed by atoms with Gasteiger partial charge >= 0.3 is 5.97 Å². The molecule has 7 nitrogen and oxygen atoms in total. The molecule has 0 N–H and O–H groups in total. The highest BCUT2D eigenvalue weighted by Gasteiger charge is 2.51. The SMILES string of the molecule is COC(=O)c1ccc(C(=O)N2CCC3(CCN(CCc4ccccc4)C3=O)C2)nc1. The zero-order valence-corrected chi connectivity index (χ0v) is 17.0. The number of aromatic nitrogens is 1. The van der Waals surface area contributed by atoms with Crippen molar-refractivity contribution in [1.82, 2.24) is 14.8 Å². The monoisotopic (exact) mass is 407 g/mol. The Bertz CT molecular complexity index is 945. The van der Waals surface area contributed by atoms with Crippen molar-refractivity contribution in [3.05, 3.63) is 65.5 Å². The number of amides is 2. The maximum absolute atomic E-state index is 13.1. The minimum Gasteiger partial charge on any atom is -0.465 e. The van der Waals surface area contributed by atoms with Crippen molar-refractivity contribution in [3.8, 4) is 0 Å². The molecule has 156 valence electrons. The maximum atomic E-state index is 13.1. The van der Waals surface area contributed by atoms with E-state index in [0.717, 1.165) is 19.4 Å². The first-order valence-electron chi connectivity index (χ1n) is 10.2. The lowest BCUT2D eigenvalue weighted by molar-refractivity contribution is -0.135. The van der Waals surface area contributed by atoms with Gasteiger partial charge in [0.2, 0.25) is 5.91 Å². The number of benzene rings is 1. The summed E-state index contributed by atoms with van der Waals surface area (Å²) < 4.78 is 4.65. The molecule has 0 saturated carbocycles.